The highest BCUT2D eigenvalue weighted by molar-refractivity contribution is 5.94. The van der Waals surface area contributed by atoms with Crippen molar-refractivity contribution in [2.75, 3.05) is 20.3 Å². The molecule has 1 aromatic heterocycles. The molecular formula is C15H17NO4. The van der Waals surface area contributed by atoms with Gasteiger partial charge in [0.05, 0.1) is 17.7 Å². The van der Waals surface area contributed by atoms with E-state index in [9.17, 15) is 9.59 Å². The monoisotopic (exact) mass is 275 g/mol. The van der Waals surface area contributed by atoms with Gasteiger partial charge in [0, 0.05) is 31.3 Å². The molecule has 2 aromatic rings. The van der Waals surface area contributed by atoms with Crippen LogP contribution in [0.4, 0.5) is 0 Å². The highest BCUT2D eigenvalue weighted by Gasteiger charge is 2.10. The van der Waals surface area contributed by atoms with Crippen molar-refractivity contribution in [2.45, 2.75) is 13.5 Å². The third-order valence-electron chi connectivity index (χ3n) is 3.07. The minimum absolute atomic E-state index is 0.101. The molecule has 0 aliphatic rings. The Hall–Kier alpha value is -2.14. The van der Waals surface area contributed by atoms with Gasteiger partial charge in [-0.05, 0) is 25.1 Å². The molecule has 5 heteroatoms. The van der Waals surface area contributed by atoms with Crippen LogP contribution < -0.4 is 5.43 Å². The van der Waals surface area contributed by atoms with Crippen LogP contribution in [0.1, 0.15) is 17.3 Å². The number of aryl methyl sites for hydroxylation is 1. The molecule has 0 bridgehead atoms. The summed E-state index contributed by atoms with van der Waals surface area (Å²) in [5.41, 5.74) is 1.09. The topological polar surface area (TPSA) is 57.5 Å². The molecular weight excluding hydrogens is 258 g/mol. The second kappa shape index (κ2) is 6.34. The van der Waals surface area contributed by atoms with Gasteiger partial charge in [-0.1, -0.05) is 0 Å². The Balaban J connectivity index is 2.36. The minimum atomic E-state index is -0.449. The Morgan fingerprint density at radius 2 is 2.05 bits per heavy atom. The minimum Gasteiger partial charge on any atom is -0.460 e. The largest absolute Gasteiger partial charge is 0.460 e. The first-order chi connectivity index (χ1) is 9.67. The number of carbonyl (C=O) groups is 1. The maximum atomic E-state index is 11.9. The number of pyridine rings is 1. The lowest BCUT2D eigenvalue weighted by Crippen LogP contribution is -2.12. The van der Waals surface area contributed by atoms with Crippen LogP contribution >= 0.6 is 0 Å². The summed E-state index contributed by atoms with van der Waals surface area (Å²) in [5, 5.41) is 0.524. The number of rotatable bonds is 5. The number of aromatic nitrogens is 1. The first-order valence-electron chi connectivity index (χ1n) is 6.46. The molecule has 0 fully saturated rings. The van der Waals surface area contributed by atoms with Crippen molar-refractivity contribution in [1.29, 1.82) is 0 Å². The van der Waals surface area contributed by atoms with Crippen molar-refractivity contribution >= 4 is 16.9 Å². The van der Waals surface area contributed by atoms with Crippen molar-refractivity contribution in [1.82, 2.24) is 4.57 Å². The summed E-state index contributed by atoms with van der Waals surface area (Å²) in [6.07, 6.45) is 1.75. The van der Waals surface area contributed by atoms with Crippen LogP contribution in [0.15, 0.2) is 35.3 Å². The Morgan fingerprint density at radius 3 is 2.75 bits per heavy atom. The van der Waals surface area contributed by atoms with Crippen molar-refractivity contribution in [3.05, 3.63) is 46.2 Å². The lowest BCUT2D eigenvalue weighted by molar-refractivity contribution is 0.0388. The summed E-state index contributed by atoms with van der Waals surface area (Å²) < 4.78 is 11.8. The highest BCUT2D eigenvalue weighted by Crippen LogP contribution is 2.13. The average molecular weight is 275 g/mol. The predicted octanol–water partition coefficient (Wildman–Crippen LogP) is 1.82. The fourth-order valence-corrected chi connectivity index (χ4v) is 2.02. The van der Waals surface area contributed by atoms with Crippen LogP contribution in [0.5, 0.6) is 0 Å². The second-order valence-corrected chi connectivity index (χ2v) is 4.33. The maximum absolute atomic E-state index is 11.9. The molecule has 0 amide bonds. The van der Waals surface area contributed by atoms with Crippen LogP contribution in [-0.4, -0.2) is 30.9 Å². The molecule has 0 unspecified atom stereocenters. The molecule has 106 valence electrons. The fourth-order valence-electron chi connectivity index (χ4n) is 2.02. The van der Waals surface area contributed by atoms with Gasteiger partial charge in [-0.15, -0.1) is 0 Å². The average Bonchev–Trinajstić information content (AvgIpc) is 2.47. The molecule has 0 N–H and O–H groups in total. The van der Waals surface area contributed by atoms with Crippen LogP contribution in [0.3, 0.4) is 0 Å². The fraction of sp³-hybridized carbons (Fsp3) is 0.333. The third-order valence-corrected chi connectivity index (χ3v) is 3.07. The lowest BCUT2D eigenvalue weighted by atomic mass is 10.1. The Bertz CT molecular complexity index is 675. The Kier molecular flexibility index (Phi) is 4.53. The molecule has 0 saturated carbocycles. The molecule has 0 aliphatic carbocycles. The number of fused-ring (bicyclic) bond motifs is 1. The van der Waals surface area contributed by atoms with Crippen LogP contribution in [-0.2, 0) is 16.0 Å². The van der Waals surface area contributed by atoms with E-state index in [4.69, 9.17) is 9.47 Å². The van der Waals surface area contributed by atoms with Crippen molar-refractivity contribution in [3.63, 3.8) is 0 Å². The van der Waals surface area contributed by atoms with Gasteiger partial charge in [-0.25, -0.2) is 4.79 Å². The van der Waals surface area contributed by atoms with Gasteiger partial charge >= 0.3 is 5.97 Å². The number of carbonyl (C=O) groups excluding carboxylic acids is 1. The first kappa shape index (κ1) is 14.3. The molecule has 0 spiro atoms. The quantitative estimate of drug-likeness (QED) is 0.617. The van der Waals surface area contributed by atoms with Gasteiger partial charge in [0.15, 0.2) is 5.43 Å². The SMILES string of the molecule is CCn1ccc(=O)c2cc(C(=O)OCCOC)ccc21. The van der Waals surface area contributed by atoms with Crippen LogP contribution in [0, 0.1) is 0 Å². The smallest absolute Gasteiger partial charge is 0.338 e. The van der Waals surface area contributed by atoms with Gasteiger partial charge in [0.25, 0.3) is 0 Å². The van der Waals surface area contributed by atoms with Gasteiger partial charge in [-0.3, -0.25) is 4.79 Å². The predicted molar refractivity (Wildman–Crippen MR) is 76.0 cm³/mol. The molecule has 2 rings (SSSR count). The summed E-state index contributed by atoms with van der Waals surface area (Å²) >= 11 is 0. The number of hydrogen-bond acceptors (Lipinski definition) is 4. The summed E-state index contributed by atoms with van der Waals surface area (Å²) in [4.78, 5) is 23.7. The number of ether oxygens (including phenoxy) is 2. The molecule has 0 radical (unpaired) electrons. The molecule has 20 heavy (non-hydrogen) atoms. The van der Waals surface area contributed by atoms with E-state index >= 15 is 0 Å². The number of esters is 1. The number of methoxy groups -OCH3 is 1. The lowest BCUT2D eigenvalue weighted by Gasteiger charge is -2.09. The van der Waals surface area contributed by atoms with Gasteiger partial charge in [-0.2, -0.15) is 0 Å². The van der Waals surface area contributed by atoms with Gasteiger partial charge in [0.1, 0.15) is 6.61 Å². The zero-order valence-electron chi connectivity index (χ0n) is 11.6. The highest BCUT2D eigenvalue weighted by atomic mass is 16.6. The van der Waals surface area contributed by atoms with E-state index in [2.05, 4.69) is 0 Å². The van der Waals surface area contributed by atoms with E-state index in [-0.39, 0.29) is 12.0 Å². The van der Waals surface area contributed by atoms with Gasteiger partial charge < -0.3 is 14.0 Å². The van der Waals surface area contributed by atoms with E-state index < -0.39 is 5.97 Å². The van der Waals surface area contributed by atoms with E-state index in [0.717, 1.165) is 12.1 Å². The molecule has 0 saturated heterocycles. The van der Waals surface area contributed by atoms with E-state index in [1.165, 1.54) is 13.2 Å². The zero-order valence-corrected chi connectivity index (χ0v) is 11.6. The maximum Gasteiger partial charge on any atom is 0.338 e. The molecule has 1 heterocycles. The normalized spacial score (nSPS) is 10.7. The van der Waals surface area contributed by atoms with Crippen molar-refractivity contribution in [2.24, 2.45) is 0 Å². The number of benzene rings is 1. The number of hydrogen-bond donors (Lipinski definition) is 0. The van der Waals surface area contributed by atoms with Crippen molar-refractivity contribution in [3.8, 4) is 0 Å². The number of nitrogens with zero attached hydrogens (tertiary/aromatic N) is 1. The Morgan fingerprint density at radius 1 is 1.25 bits per heavy atom. The molecule has 0 atom stereocenters. The van der Waals surface area contributed by atoms with Crippen LogP contribution in [0.25, 0.3) is 10.9 Å². The Labute approximate surface area is 116 Å². The first-order valence-corrected chi connectivity index (χ1v) is 6.46. The molecule has 5 nitrogen and oxygen atoms in total. The van der Waals surface area contributed by atoms with Crippen molar-refractivity contribution < 1.29 is 14.3 Å². The summed E-state index contributed by atoms with van der Waals surface area (Å²) in [6.45, 7) is 3.30. The van der Waals surface area contributed by atoms with Gasteiger partial charge in [0.2, 0.25) is 0 Å². The third kappa shape index (κ3) is 2.88. The molecule has 1 aromatic carbocycles. The zero-order chi connectivity index (χ0) is 14.5. The molecule has 0 aliphatic heterocycles. The summed E-state index contributed by atoms with van der Waals surface area (Å²) in [5.74, 6) is -0.449. The van der Waals surface area contributed by atoms with Crippen LogP contribution in [0.2, 0.25) is 0 Å². The second-order valence-electron chi connectivity index (χ2n) is 4.33. The summed E-state index contributed by atoms with van der Waals surface area (Å²) in [6, 6.07) is 6.53. The van der Waals surface area contributed by atoms with E-state index in [1.807, 2.05) is 11.5 Å². The standard InChI is InChI=1S/C15H17NO4/c1-3-16-7-6-14(17)12-10-11(4-5-13(12)16)15(18)20-9-8-19-2/h4-7,10H,3,8-9H2,1-2H3. The van der Waals surface area contributed by atoms with E-state index in [0.29, 0.717) is 17.6 Å². The van der Waals surface area contributed by atoms with E-state index in [1.54, 1.807) is 24.4 Å². The summed E-state index contributed by atoms with van der Waals surface area (Å²) in [7, 11) is 1.54.